The van der Waals surface area contributed by atoms with Crippen LogP contribution in [0.3, 0.4) is 0 Å². The van der Waals surface area contributed by atoms with Gasteiger partial charge < -0.3 is 25.2 Å². The third-order valence-corrected chi connectivity index (χ3v) is 5.25. The molecule has 0 aliphatic heterocycles. The zero-order chi connectivity index (χ0) is 22.6. The summed E-state index contributed by atoms with van der Waals surface area (Å²) in [4.78, 5) is 11.7. The standard InChI is InChI=1S/C25H44N2O4/c1-3-4-5-6-7-8-9-10-11-12-13-22(2)30-20-18-26-25(29)27-19-21-31-24-16-14-23(28)15-17-24/h14-17,22,28H,3-13,18-21H2,1-2H3,(H2,26,27,29). The summed E-state index contributed by atoms with van der Waals surface area (Å²) in [6, 6.07) is 6.27. The molecular weight excluding hydrogens is 392 g/mol. The van der Waals surface area contributed by atoms with E-state index in [1.807, 2.05) is 0 Å². The Morgan fingerprint density at radius 2 is 1.42 bits per heavy atom. The lowest BCUT2D eigenvalue weighted by atomic mass is 10.0. The Labute approximate surface area is 189 Å². The molecule has 3 N–H and O–H groups in total. The average Bonchev–Trinajstić information content (AvgIpc) is 2.77. The third-order valence-electron chi connectivity index (χ3n) is 5.25. The first-order chi connectivity index (χ1) is 15.1. The number of hydrogen-bond donors (Lipinski definition) is 3. The van der Waals surface area contributed by atoms with Crippen molar-refractivity contribution in [3.8, 4) is 11.5 Å². The Morgan fingerprint density at radius 1 is 0.871 bits per heavy atom. The molecule has 1 aromatic rings. The number of phenols is 1. The molecule has 0 fully saturated rings. The van der Waals surface area contributed by atoms with Gasteiger partial charge in [-0.05, 0) is 37.6 Å². The molecule has 6 heteroatoms. The molecule has 0 aromatic heterocycles. The molecule has 1 unspecified atom stereocenters. The molecule has 1 rings (SSSR count). The second-order valence-corrected chi connectivity index (χ2v) is 8.18. The van der Waals surface area contributed by atoms with Crippen LogP contribution in [0.2, 0.25) is 0 Å². The van der Waals surface area contributed by atoms with E-state index in [9.17, 15) is 9.90 Å². The van der Waals surface area contributed by atoms with Gasteiger partial charge in [0.2, 0.25) is 0 Å². The highest BCUT2D eigenvalue weighted by Gasteiger charge is 2.04. The van der Waals surface area contributed by atoms with Crippen LogP contribution in [-0.2, 0) is 4.74 Å². The van der Waals surface area contributed by atoms with E-state index in [1.54, 1.807) is 24.3 Å². The summed E-state index contributed by atoms with van der Waals surface area (Å²) in [6.45, 7) is 6.16. The molecule has 1 atom stereocenters. The molecule has 1 aromatic carbocycles. The Morgan fingerprint density at radius 3 is 2.03 bits per heavy atom. The largest absolute Gasteiger partial charge is 0.508 e. The van der Waals surface area contributed by atoms with Crippen molar-refractivity contribution in [2.45, 2.75) is 90.6 Å². The minimum atomic E-state index is -0.222. The lowest BCUT2D eigenvalue weighted by Gasteiger charge is -2.14. The van der Waals surface area contributed by atoms with Crippen LogP contribution in [0.4, 0.5) is 4.79 Å². The highest BCUT2D eigenvalue weighted by Crippen LogP contribution is 2.15. The van der Waals surface area contributed by atoms with E-state index >= 15 is 0 Å². The fourth-order valence-electron chi connectivity index (χ4n) is 3.37. The van der Waals surface area contributed by atoms with Gasteiger partial charge in [-0.15, -0.1) is 0 Å². The van der Waals surface area contributed by atoms with E-state index in [0.29, 0.717) is 32.1 Å². The van der Waals surface area contributed by atoms with Gasteiger partial charge in [-0.1, -0.05) is 71.1 Å². The number of amides is 2. The maximum absolute atomic E-state index is 11.7. The third kappa shape index (κ3) is 16.4. The van der Waals surface area contributed by atoms with Crippen molar-refractivity contribution in [3.63, 3.8) is 0 Å². The van der Waals surface area contributed by atoms with Crippen molar-refractivity contribution < 1.29 is 19.4 Å². The molecule has 0 saturated carbocycles. The summed E-state index contributed by atoms with van der Waals surface area (Å²) >= 11 is 0. The molecule has 0 aliphatic rings. The number of carbonyl (C=O) groups is 1. The number of unbranched alkanes of at least 4 members (excludes halogenated alkanes) is 9. The van der Waals surface area contributed by atoms with Gasteiger partial charge in [0.1, 0.15) is 18.1 Å². The van der Waals surface area contributed by atoms with E-state index in [0.717, 1.165) is 6.42 Å². The molecule has 0 aliphatic carbocycles. The smallest absolute Gasteiger partial charge is 0.314 e. The molecule has 6 nitrogen and oxygen atoms in total. The molecule has 0 bridgehead atoms. The molecule has 2 amide bonds. The summed E-state index contributed by atoms with van der Waals surface area (Å²) in [5, 5.41) is 14.8. The number of rotatable bonds is 19. The number of benzene rings is 1. The van der Waals surface area contributed by atoms with Gasteiger partial charge in [-0.25, -0.2) is 4.79 Å². The Bertz CT molecular complexity index is 551. The van der Waals surface area contributed by atoms with Crippen molar-refractivity contribution in [2.24, 2.45) is 0 Å². The lowest BCUT2D eigenvalue weighted by Crippen LogP contribution is -2.39. The van der Waals surface area contributed by atoms with E-state index in [2.05, 4.69) is 24.5 Å². The Hall–Kier alpha value is -1.95. The molecule has 178 valence electrons. The molecule has 0 radical (unpaired) electrons. The van der Waals surface area contributed by atoms with Gasteiger partial charge >= 0.3 is 6.03 Å². The maximum Gasteiger partial charge on any atom is 0.314 e. The number of ether oxygens (including phenoxy) is 2. The van der Waals surface area contributed by atoms with Crippen LogP contribution in [0.25, 0.3) is 0 Å². The van der Waals surface area contributed by atoms with Crippen molar-refractivity contribution >= 4 is 6.03 Å². The van der Waals surface area contributed by atoms with Gasteiger partial charge in [0, 0.05) is 6.54 Å². The highest BCUT2D eigenvalue weighted by molar-refractivity contribution is 5.73. The maximum atomic E-state index is 11.7. The average molecular weight is 437 g/mol. The van der Waals surface area contributed by atoms with Crippen molar-refractivity contribution in [2.75, 3.05) is 26.3 Å². The SMILES string of the molecule is CCCCCCCCCCCCC(C)OCCNC(=O)NCCOc1ccc(O)cc1. The fraction of sp³-hybridized carbons (Fsp3) is 0.720. The molecule has 31 heavy (non-hydrogen) atoms. The van der Waals surface area contributed by atoms with Crippen LogP contribution in [0, 0.1) is 0 Å². The molecule has 0 spiro atoms. The zero-order valence-corrected chi connectivity index (χ0v) is 19.7. The van der Waals surface area contributed by atoms with Crippen molar-refractivity contribution in [3.05, 3.63) is 24.3 Å². The first-order valence-corrected chi connectivity index (χ1v) is 12.2. The van der Waals surface area contributed by atoms with Crippen LogP contribution in [-0.4, -0.2) is 43.5 Å². The van der Waals surface area contributed by atoms with Crippen LogP contribution < -0.4 is 15.4 Å². The van der Waals surface area contributed by atoms with Gasteiger partial charge in [0.05, 0.1) is 19.3 Å². The summed E-state index contributed by atoms with van der Waals surface area (Å²) in [7, 11) is 0. The highest BCUT2D eigenvalue weighted by atomic mass is 16.5. The normalized spacial score (nSPS) is 11.8. The number of phenolic OH excluding ortho intramolecular Hbond substituents is 1. The minimum absolute atomic E-state index is 0.199. The van der Waals surface area contributed by atoms with Crippen LogP contribution in [0.5, 0.6) is 11.5 Å². The van der Waals surface area contributed by atoms with Gasteiger partial charge in [0.15, 0.2) is 0 Å². The molecule has 0 heterocycles. The predicted molar refractivity (Wildman–Crippen MR) is 127 cm³/mol. The summed E-state index contributed by atoms with van der Waals surface area (Å²) in [5.41, 5.74) is 0. The molecule has 0 saturated heterocycles. The van der Waals surface area contributed by atoms with Crippen LogP contribution >= 0.6 is 0 Å². The second-order valence-electron chi connectivity index (χ2n) is 8.18. The van der Waals surface area contributed by atoms with Gasteiger partial charge in [-0.3, -0.25) is 0 Å². The van der Waals surface area contributed by atoms with Gasteiger partial charge in [-0.2, -0.15) is 0 Å². The fourth-order valence-corrected chi connectivity index (χ4v) is 3.37. The topological polar surface area (TPSA) is 79.8 Å². The Kier molecular flexibility index (Phi) is 16.4. The van der Waals surface area contributed by atoms with Crippen LogP contribution in [0.15, 0.2) is 24.3 Å². The van der Waals surface area contributed by atoms with E-state index < -0.39 is 0 Å². The number of urea groups is 1. The summed E-state index contributed by atoms with van der Waals surface area (Å²) in [5.74, 6) is 0.856. The monoisotopic (exact) mass is 436 g/mol. The lowest BCUT2D eigenvalue weighted by molar-refractivity contribution is 0.0613. The van der Waals surface area contributed by atoms with Gasteiger partial charge in [0.25, 0.3) is 0 Å². The van der Waals surface area contributed by atoms with Crippen molar-refractivity contribution in [1.82, 2.24) is 10.6 Å². The van der Waals surface area contributed by atoms with Crippen molar-refractivity contribution in [1.29, 1.82) is 0 Å². The second kappa shape index (κ2) is 18.8. The molecular formula is C25H44N2O4. The number of nitrogens with one attached hydrogen (secondary N) is 2. The quantitative estimate of drug-likeness (QED) is 0.240. The minimum Gasteiger partial charge on any atom is -0.508 e. The number of hydrogen-bond acceptors (Lipinski definition) is 4. The summed E-state index contributed by atoms with van der Waals surface area (Å²) < 4.78 is 11.3. The first kappa shape index (κ1) is 27.1. The number of aromatic hydroxyl groups is 1. The first-order valence-electron chi connectivity index (χ1n) is 12.2. The Balaban J connectivity index is 1.86. The van der Waals surface area contributed by atoms with E-state index in [-0.39, 0.29) is 17.9 Å². The number of carbonyl (C=O) groups excluding carboxylic acids is 1. The predicted octanol–water partition coefficient (Wildman–Crippen LogP) is 5.79. The zero-order valence-electron chi connectivity index (χ0n) is 19.7. The van der Waals surface area contributed by atoms with E-state index in [1.165, 1.54) is 64.2 Å². The van der Waals surface area contributed by atoms with E-state index in [4.69, 9.17) is 9.47 Å². The van der Waals surface area contributed by atoms with Crippen LogP contribution in [0.1, 0.15) is 84.5 Å². The summed E-state index contributed by atoms with van der Waals surface area (Å²) in [6.07, 6.45) is 14.8.